The normalized spacial score (nSPS) is 15.1. The lowest BCUT2D eigenvalue weighted by Gasteiger charge is -2.31. The summed E-state index contributed by atoms with van der Waals surface area (Å²) in [6.45, 7) is 16.6. The molecule has 0 unspecified atom stereocenters. The van der Waals surface area contributed by atoms with Gasteiger partial charge in [0.05, 0.1) is 5.69 Å². The molecule has 12 aromatic rings. The SMILES string of the molecule is Cc1ccc(-c2ccccc2N(c2ccc3c(c2)C(C)(C)c2cc4c(cc2-3)C(C)(C)c2ccc3oc5ccccc5c3c2-4)c2ccc3c(c2)C(C)(C)c2cc(-c4ccccc4)c4oc5ccccc5c4c2-3)cc1. The van der Waals surface area contributed by atoms with Gasteiger partial charge in [0.25, 0.3) is 0 Å². The quantitative estimate of drug-likeness (QED) is 0.172. The molecule has 0 radical (unpaired) electrons. The Morgan fingerprint density at radius 1 is 0.342 bits per heavy atom. The van der Waals surface area contributed by atoms with E-state index in [9.17, 15) is 0 Å². The Kier molecular flexibility index (Phi) is 8.47. The third-order valence-corrected chi connectivity index (χ3v) is 17.3. The Hall–Kier alpha value is -8.40. The third-order valence-electron chi connectivity index (χ3n) is 17.3. The molecule has 0 amide bonds. The minimum Gasteiger partial charge on any atom is -0.456 e. The van der Waals surface area contributed by atoms with Crippen LogP contribution in [0.1, 0.15) is 80.5 Å². The van der Waals surface area contributed by atoms with Gasteiger partial charge in [0.2, 0.25) is 0 Å². The maximum atomic E-state index is 6.83. The van der Waals surface area contributed by atoms with Crippen LogP contribution in [0.15, 0.2) is 203 Å². The highest BCUT2D eigenvalue weighted by molar-refractivity contribution is 6.19. The van der Waals surface area contributed by atoms with Crippen LogP contribution < -0.4 is 4.90 Å². The van der Waals surface area contributed by atoms with Crippen LogP contribution >= 0.6 is 0 Å². The van der Waals surface area contributed by atoms with Crippen LogP contribution in [-0.2, 0) is 16.2 Å². The van der Waals surface area contributed by atoms with Crippen molar-refractivity contribution in [3.05, 3.63) is 233 Å². The van der Waals surface area contributed by atoms with Crippen molar-refractivity contribution in [2.45, 2.75) is 64.7 Å². The fourth-order valence-corrected chi connectivity index (χ4v) is 13.5. The van der Waals surface area contributed by atoms with E-state index in [1.54, 1.807) is 0 Å². The van der Waals surface area contributed by atoms with Crippen molar-refractivity contribution in [1.82, 2.24) is 0 Å². The summed E-state index contributed by atoms with van der Waals surface area (Å²) in [7, 11) is 0. The molecule has 0 aliphatic heterocycles. The number of aryl methyl sites for hydroxylation is 1. The number of benzene rings is 10. The summed E-state index contributed by atoms with van der Waals surface area (Å²) in [5, 5.41) is 4.73. The molecule has 0 fully saturated rings. The molecule has 73 heavy (non-hydrogen) atoms. The lowest BCUT2D eigenvalue weighted by atomic mass is 9.79. The number of anilines is 3. The molecule has 2 aromatic heterocycles. The lowest BCUT2D eigenvalue weighted by Crippen LogP contribution is -2.18. The molecule has 3 aliphatic rings. The minimum absolute atomic E-state index is 0.184. The number of rotatable bonds is 5. The predicted octanol–water partition coefficient (Wildman–Crippen LogP) is 19.5. The van der Waals surface area contributed by atoms with Gasteiger partial charge in [0.15, 0.2) is 0 Å². The molecule has 10 aromatic carbocycles. The van der Waals surface area contributed by atoms with Crippen molar-refractivity contribution in [3.63, 3.8) is 0 Å². The van der Waals surface area contributed by atoms with Crippen molar-refractivity contribution < 1.29 is 8.83 Å². The first-order valence-electron chi connectivity index (χ1n) is 25.8. The standard InChI is InChI=1S/C70H53NO2/c1-40-25-27-42(28-26-40)45-19-11-14-22-59(45)71(44-30-32-47-55(36-44)70(6,7)58-37-50(41-17-9-8-10-18-41)67-66(63(47)58)49-21-13-16-24-61(49)73-67)43-29-31-46-51-38-57-52(39-56(51)69(4,5)54(46)35-43)64-53(68(57,2)3)33-34-62-65(64)48-20-12-15-23-60(48)72-62/h8-39H,1-7H3. The second-order valence-electron chi connectivity index (χ2n) is 22.5. The smallest absolute Gasteiger partial charge is 0.143 e. The largest absolute Gasteiger partial charge is 0.456 e. The molecule has 0 atom stereocenters. The van der Waals surface area contributed by atoms with Gasteiger partial charge in [-0.1, -0.05) is 174 Å². The zero-order chi connectivity index (χ0) is 49.3. The number of fused-ring (bicyclic) bond motifs is 17. The Bertz CT molecular complexity index is 4350. The van der Waals surface area contributed by atoms with E-state index in [0.29, 0.717) is 0 Å². The predicted molar refractivity (Wildman–Crippen MR) is 304 cm³/mol. The molecule has 3 heteroatoms. The first-order valence-corrected chi connectivity index (χ1v) is 25.8. The molecule has 0 N–H and O–H groups in total. The number of furan rings is 2. The monoisotopic (exact) mass is 939 g/mol. The number of para-hydroxylation sites is 3. The lowest BCUT2D eigenvalue weighted by molar-refractivity contribution is 0.651. The van der Waals surface area contributed by atoms with E-state index in [-0.39, 0.29) is 16.2 Å². The van der Waals surface area contributed by atoms with Gasteiger partial charge in [-0.15, -0.1) is 0 Å². The molecular formula is C70H53NO2. The first-order chi connectivity index (χ1) is 35.4. The molecule has 0 saturated carbocycles. The number of hydrogen-bond acceptors (Lipinski definition) is 3. The van der Waals surface area contributed by atoms with E-state index in [4.69, 9.17) is 8.83 Å². The average Bonchev–Trinajstić information content (AvgIpc) is 4.16. The van der Waals surface area contributed by atoms with Gasteiger partial charge in [0.1, 0.15) is 22.3 Å². The Morgan fingerprint density at radius 3 is 1.63 bits per heavy atom. The van der Waals surface area contributed by atoms with Gasteiger partial charge in [0, 0.05) is 60.3 Å². The average molecular weight is 940 g/mol. The second kappa shape index (κ2) is 14.6. The zero-order valence-electron chi connectivity index (χ0n) is 42.2. The van der Waals surface area contributed by atoms with Crippen LogP contribution in [0.3, 0.4) is 0 Å². The fraction of sp³-hybridized carbons (Fsp3) is 0.143. The summed E-state index contributed by atoms with van der Waals surface area (Å²) in [6, 6.07) is 72.1. The molecule has 350 valence electrons. The van der Waals surface area contributed by atoms with Crippen molar-refractivity contribution in [2.75, 3.05) is 4.90 Å². The molecule has 3 aliphatic carbocycles. The third kappa shape index (κ3) is 5.71. The van der Waals surface area contributed by atoms with E-state index in [1.807, 2.05) is 0 Å². The molecule has 3 nitrogen and oxygen atoms in total. The summed E-state index contributed by atoms with van der Waals surface area (Å²) in [5.41, 5.74) is 28.1. The topological polar surface area (TPSA) is 29.5 Å². The van der Waals surface area contributed by atoms with Gasteiger partial charge < -0.3 is 13.7 Å². The molecule has 0 saturated heterocycles. The zero-order valence-corrected chi connectivity index (χ0v) is 42.2. The van der Waals surface area contributed by atoms with Crippen LogP contribution in [0, 0.1) is 6.92 Å². The van der Waals surface area contributed by atoms with Gasteiger partial charge in [-0.25, -0.2) is 0 Å². The van der Waals surface area contributed by atoms with Gasteiger partial charge in [-0.3, -0.25) is 0 Å². The summed E-state index contributed by atoms with van der Waals surface area (Å²) in [6.07, 6.45) is 0. The Labute approximate surface area is 426 Å². The molecule has 0 bridgehead atoms. The summed E-state index contributed by atoms with van der Waals surface area (Å²) in [4.78, 5) is 2.52. The molecule has 2 heterocycles. The minimum atomic E-state index is -0.318. The van der Waals surface area contributed by atoms with Crippen LogP contribution in [0.2, 0.25) is 0 Å². The highest BCUT2D eigenvalue weighted by Crippen LogP contribution is 2.60. The van der Waals surface area contributed by atoms with Gasteiger partial charge >= 0.3 is 0 Å². The van der Waals surface area contributed by atoms with Crippen LogP contribution in [0.25, 0.3) is 99.5 Å². The van der Waals surface area contributed by atoms with E-state index in [2.05, 4.69) is 247 Å². The van der Waals surface area contributed by atoms with E-state index in [0.717, 1.165) is 55.9 Å². The summed E-state index contributed by atoms with van der Waals surface area (Å²) < 4.78 is 13.3. The van der Waals surface area contributed by atoms with Crippen molar-refractivity contribution >= 4 is 60.9 Å². The van der Waals surface area contributed by atoms with Crippen molar-refractivity contribution in [3.8, 4) is 55.6 Å². The summed E-state index contributed by atoms with van der Waals surface area (Å²) >= 11 is 0. The number of nitrogens with zero attached hydrogens (tertiary/aromatic N) is 1. The van der Waals surface area contributed by atoms with E-state index in [1.165, 1.54) is 99.6 Å². The van der Waals surface area contributed by atoms with Gasteiger partial charge in [-0.2, -0.15) is 0 Å². The fourth-order valence-electron chi connectivity index (χ4n) is 13.5. The molecular weight excluding hydrogens is 887 g/mol. The van der Waals surface area contributed by atoms with E-state index >= 15 is 0 Å². The molecule has 15 rings (SSSR count). The first kappa shape index (κ1) is 42.3. The van der Waals surface area contributed by atoms with E-state index < -0.39 is 0 Å². The Balaban J connectivity index is 0.926. The molecule has 0 spiro atoms. The van der Waals surface area contributed by atoms with Crippen LogP contribution in [0.5, 0.6) is 0 Å². The number of hydrogen-bond donors (Lipinski definition) is 0. The van der Waals surface area contributed by atoms with Crippen LogP contribution in [0.4, 0.5) is 17.1 Å². The highest BCUT2D eigenvalue weighted by Gasteiger charge is 2.44. The second-order valence-corrected chi connectivity index (χ2v) is 22.5. The van der Waals surface area contributed by atoms with Crippen molar-refractivity contribution in [2.24, 2.45) is 0 Å². The van der Waals surface area contributed by atoms with Crippen LogP contribution in [-0.4, -0.2) is 0 Å². The highest BCUT2D eigenvalue weighted by atomic mass is 16.3. The maximum absolute atomic E-state index is 6.83. The Morgan fingerprint density at radius 2 is 0.877 bits per heavy atom. The summed E-state index contributed by atoms with van der Waals surface area (Å²) in [5.74, 6) is 0. The van der Waals surface area contributed by atoms with Gasteiger partial charge in [-0.05, 0) is 152 Å². The van der Waals surface area contributed by atoms with Crippen molar-refractivity contribution in [1.29, 1.82) is 0 Å². The maximum Gasteiger partial charge on any atom is 0.143 e.